The SMILES string of the molecule is C1CCCCCCCCC1.C1CCCCCCCCC1.C1CCCCCCCCC1.C=C(C)C(=O)O.C=C(C)C(=O)O[C@H]1C[C@@H]2CC[C@@]1(C)C2(C)C.C=CC(=O)O[C@H]1C[C@@H]2CC[C@@]1(C)C2(C)C.O=C(O)/C=C/C1CCCCCCCCC1.O=C(O)/C=C/C1CCCCCCCCC1.O=C(O)/C=C/C1CCCCCCCCC1. The van der Waals surface area contributed by atoms with E-state index in [0.717, 1.165) is 12.8 Å². The summed E-state index contributed by atoms with van der Waals surface area (Å²) in [5.41, 5.74) is 1.60. The summed E-state index contributed by atoms with van der Waals surface area (Å²) in [6.45, 7) is 27.2. The maximum Gasteiger partial charge on any atom is 0.333 e. The van der Waals surface area contributed by atoms with Crippen LogP contribution in [0.5, 0.6) is 0 Å². The molecule has 0 radical (unpaired) electrons. The molecule has 6 atom stereocenters. The Morgan fingerprint density at radius 3 is 0.634 bits per heavy atom. The van der Waals surface area contributed by atoms with E-state index in [-0.39, 0.29) is 40.5 Å². The molecule has 0 aromatic rings. The Morgan fingerprint density at radius 2 is 0.491 bits per heavy atom. The van der Waals surface area contributed by atoms with Crippen molar-refractivity contribution in [3.05, 3.63) is 73.4 Å². The van der Waals surface area contributed by atoms with Crippen LogP contribution >= 0.6 is 0 Å². The normalized spacial score (nSPS) is 26.8. The summed E-state index contributed by atoms with van der Waals surface area (Å²) in [7, 11) is 0. The molecule has 0 aromatic carbocycles. The molecule has 10 rings (SSSR count). The summed E-state index contributed by atoms with van der Waals surface area (Å²) in [6, 6.07) is 0. The van der Waals surface area contributed by atoms with Crippen molar-refractivity contribution < 1.29 is 58.7 Å². The molecule has 0 heterocycles. The van der Waals surface area contributed by atoms with Gasteiger partial charge in [-0.2, -0.15) is 0 Å². The third kappa shape index (κ3) is 46.9. The Hall–Kier alpha value is -4.74. The number of rotatable bonds is 11. The monoisotopic (exact) mass is 1570 g/mol. The van der Waals surface area contributed by atoms with E-state index in [9.17, 15) is 28.8 Å². The molecular weight excluding hydrogens is 1390 g/mol. The van der Waals surface area contributed by atoms with Crippen molar-refractivity contribution >= 4 is 35.8 Å². The Kier molecular flexibility index (Phi) is 58.5. The van der Waals surface area contributed by atoms with Crippen LogP contribution in [0.1, 0.15) is 460 Å². The summed E-state index contributed by atoms with van der Waals surface area (Å²) in [5.74, 6) is -0.955. The first-order valence-corrected chi connectivity index (χ1v) is 47.0. The smallest absolute Gasteiger partial charge is 0.333 e. The average Bonchev–Trinajstić information content (AvgIpc) is 1.57. The lowest BCUT2D eigenvalue weighted by Gasteiger charge is -2.38. The van der Waals surface area contributed by atoms with Crippen molar-refractivity contribution in [3.8, 4) is 0 Å². The number of carbonyl (C=O) groups is 6. The van der Waals surface area contributed by atoms with Gasteiger partial charge in [0, 0.05) is 46.3 Å². The predicted molar refractivity (Wildman–Crippen MR) is 470 cm³/mol. The van der Waals surface area contributed by atoms with Crippen LogP contribution in [0.4, 0.5) is 0 Å². The molecule has 10 aliphatic carbocycles. The molecule has 10 fully saturated rings. The van der Waals surface area contributed by atoms with Crippen LogP contribution in [-0.2, 0) is 38.2 Å². The van der Waals surface area contributed by atoms with Crippen molar-refractivity contribution in [2.24, 2.45) is 51.2 Å². The highest BCUT2D eigenvalue weighted by molar-refractivity contribution is 5.87. The zero-order valence-electron chi connectivity index (χ0n) is 73.8. The van der Waals surface area contributed by atoms with Gasteiger partial charge in [0.25, 0.3) is 0 Å². The largest absolute Gasteiger partial charge is 0.478 e. The number of carboxylic acids is 4. The Labute approximate surface area is 687 Å². The number of aliphatic carboxylic acids is 4. The van der Waals surface area contributed by atoms with Crippen LogP contribution in [0, 0.1) is 51.2 Å². The van der Waals surface area contributed by atoms with E-state index >= 15 is 0 Å². The topological polar surface area (TPSA) is 202 Å². The summed E-state index contributed by atoms with van der Waals surface area (Å²) < 4.78 is 11.1. The number of allylic oxidation sites excluding steroid dienone is 3. The molecule has 12 nitrogen and oxygen atoms in total. The predicted octanol–water partition coefficient (Wildman–Crippen LogP) is 29.9. The van der Waals surface area contributed by atoms with Crippen molar-refractivity contribution in [2.45, 2.75) is 472 Å². The zero-order valence-corrected chi connectivity index (χ0v) is 73.8. The summed E-state index contributed by atoms with van der Waals surface area (Å²) in [6.07, 6.45) is 97.8. The minimum Gasteiger partial charge on any atom is -0.478 e. The fraction of sp³-hybridized carbons (Fsp3) is 0.820. The van der Waals surface area contributed by atoms with Gasteiger partial charge in [-0.05, 0) is 131 Å². The van der Waals surface area contributed by atoms with Crippen LogP contribution in [-0.4, -0.2) is 68.4 Å². The van der Waals surface area contributed by atoms with E-state index in [1.165, 1.54) is 423 Å². The van der Waals surface area contributed by atoms with E-state index in [1.54, 1.807) is 6.92 Å². The highest BCUT2D eigenvalue weighted by atomic mass is 16.5. The van der Waals surface area contributed by atoms with Gasteiger partial charge in [-0.1, -0.05) is 407 Å². The van der Waals surface area contributed by atoms with Gasteiger partial charge in [0.1, 0.15) is 12.2 Å². The van der Waals surface area contributed by atoms with E-state index in [1.807, 2.05) is 18.2 Å². The molecule has 4 bridgehead atoms. The van der Waals surface area contributed by atoms with E-state index in [2.05, 4.69) is 61.3 Å². The first-order valence-electron chi connectivity index (χ1n) is 47.0. The average molecular weight is 1570 g/mol. The van der Waals surface area contributed by atoms with Crippen molar-refractivity contribution in [2.75, 3.05) is 0 Å². The van der Waals surface area contributed by atoms with Gasteiger partial charge in [-0.3, -0.25) is 0 Å². The molecule has 0 amide bonds. The van der Waals surface area contributed by atoms with Gasteiger partial charge in [-0.15, -0.1) is 0 Å². The minimum absolute atomic E-state index is 0.0884. The molecular formula is C100H174O12. The number of carbonyl (C=O) groups excluding carboxylic acids is 2. The van der Waals surface area contributed by atoms with Crippen LogP contribution in [0.15, 0.2) is 73.4 Å². The van der Waals surface area contributed by atoms with Crippen LogP contribution in [0.25, 0.3) is 0 Å². The first-order chi connectivity index (χ1) is 53.7. The maximum absolute atomic E-state index is 11.6. The lowest BCUT2D eigenvalue weighted by Crippen LogP contribution is -2.38. The molecule has 4 N–H and O–H groups in total. The summed E-state index contributed by atoms with van der Waals surface area (Å²) in [4.78, 5) is 63.8. The second-order valence-corrected chi connectivity index (χ2v) is 37.2. The van der Waals surface area contributed by atoms with Crippen LogP contribution < -0.4 is 0 Å². The molecule has 10 aliphatic rings. The van der Waals surface area contributed by atoms with Gasteiger partial charge in [0.2, 0.25) is 0 Å². The highest BCUT2D eigenvalue weighted by Crippen LogP contribution is 2.67. The number of esters is 2. The molecule has 0 aromatic heterocycles. The third-order valence-electron chi connectivity index (χ3n) is 27.8. The summed E-state index contributed by atoms with van der Waals surface area (Å²) >= 11 is 0. The van der Waals surface area contributed by atoms with E-state index < -0.39 is 23.9 Å². The number of fused-ring (bicyclic) bond motifs is 4. The van der Waals surface area contributed by atoms with Gasteiger partial charge < -0.3 is 29.9 Å². The summed E-state index contributed by atoms with van der Waals surface area (Å²) in [5, 5.41) is 33.6. The first kappa shape index (κ1) is 103. The van der Waals surface area contributed by atoms with E-state index in [4.69, 9.17) is 29.9 Å². The second-order valence-electron chi connectivity index (χ2n) is 37.2. The molecule has 0 unspecified atom stereocenters. The van der Waals surface area contributed by atoms with Gasteiger partial charge >= 0.3 is 35.8 Å². The molecule has 112 heavy (non-hydrogen) atoms. The van der Waals surface area contributed by atoms with Crippen molar-refractivity contribution in [3.63, 3.8) is 0 Å². The van der Waals surface area contributed by atoms with E-state index in [0.29, 0.717) is 46.0 Å². The molecule has 0 aliphatic heterocycles. The molecule has 10 saturated carbocycles. The fourth-order valence-corrected chi connectivity index (χ4v) is 19.1. The Bertz CT molecular complexity index is 2330. The third-order valence-corrected chi connectivity index (χ3v) is 27.8. The Balaban J connectivity index is 0.000000432. The zero-order chi connectivity index (χ0) is 82.6. The number of hydrogen-bond donors (Lipinski definition) is 4. The lowest BCUT2D eigenvalue weighted by atomic mass is 9.70. The number of ether oxygens (including phenoxy) is 2. The lowest BCUT2D eigenvalue weighted by molar-refractivity contribution is -0.152. The number of hydrogen-bond acceptors (Lipinski definition) is 8. The quantitative estimate of drug-likeness (QED) is 0.113. The van der Waals surface area contributed by atoms with Crippen molar-refractivity contribution in [1.82, 2.24) is 0 Å². The molecule has 646 valence electrons. The standard InChI is InChI=1S/C14H22O2.C13H20O2.3C13H22O2.3C10H20.C4H6O2/c1-9(2)12(15)16-11-8-10-6-7-14(11,5)13(10,3)4;1-5-11(14)15-10-8-9-6-7-13(10,4)12(9,2)3;3*14-13(15)11-10-12-8-6-4-2-1-3-5-7-9-12;3*1-2-4-6-8-10-9-7-5-3-1;1-3(2)4(5)6/h10-11H,1,6-8H2,2-5H3;5,9-10H,1,6-8H2,2-4H3;3*10-12H,1-9H2,(H,14,15);3*1-10H2;1H2,2H3,(H,5,6)/b;;3*11-10+;;;;/t10-,11-,14+;9-,10-,13+;;;;;;;/m00......./s1. The Morgan fingerprint density at radius 1 is 0.304 bits per heavy atom. The fourth-order valence-electron chi connectivity index (χ4n) is 19.1. The molecule has 0 spiro atoms. The highest BCUT2D eigenvalue weighted by Gasteiger charge is 2.64. The van der Waals surface area contributed by atoms with Gasteiger partial charge in [0.05, 0.1) is 0 Å². The molecule has 0 saturated heterocycles. The maximum atomic E-state index is 11.6. The minimum atomic E-state index is -0.935. The van der Waals surface area contributed by atoms with Gasteiger partial charge in [0.15, 0.2) is 0 Å². The second kappa shape index (κ2) is 63.4. The van der Waals surface area contributed by atoms with Crippen LogP contribution in [0.3, 0.4) is 0 Å². The van der Waals surface area contributed by atoms with Crippen molar-refractivity contribution in [1.29, 1.82) is 0 Å². The van der Waals surface area contributed by atoms with Crippen LogP contribution in [0.2, 0.25) is 0 Å². The van der Waals surface area contributed by atoms with Gasteiger partial charge in [-0.25, -0.2) is 28.8 Å². The molecule has 12 heteroatoms. The number of carboxylic acid groups (broad SMARTS) is 4.